The number of aliphatic hydroxyl groups excluding tert-OH is 1. The van der Waals surface area contributed by atoms with E-state index in [0.717, 1.165) is 85.7 Å². The first-order valence-electron chi connectivity index (χ1n) is 12.8. The van der Waals surface area contributed by atoms with Crippen LogP contribution in [0.15, 0.2) is 36.4 Å². The van der Waals surface area contributed by atoms with E-state index in [2.05, 4.69) is 41.5 Å². The molecule has 0 aliphatic carbocycles. The van der Waals surface area contributed by atoms with Crippen LogP contribution in [0.2, 0.25) is 0 Å². The van der Waals surface area contributed by atoms with Gasteiger partial charge in [-0.1, -0.05) is 24.3 Å². The fraction of sp³-hybridized carbons (Fsp3) is 0.536. The van der Waals surface area contributed by atoms with Gasteiger partial charge in [0, 0.05) is 39.6 Å². The summed E-state index contributed by atoms with van der Waals surface area (Å²) >= 11 is 0. The van der Waals surface area contributed by atoms with E-state index in [1.165, 1.54) is 6.92 Å². The predicted octanol–water partition coefficient (Wildman–Crippen LogP) is 3.30. The van der Waals surface area contributed by atoms with Crippen LogP contribution < -0.4 is 20.1 Å². The Morgan fingerprint density at radius 2 is 1.60 bits per heavy atom. The van der Waals surface area contributed by atoms with Gasteiger partial charge >= 0.3 is 0 Å². The second kappa shape index (κ2) is 14.1. The number of carbonyl (C=O) groups is 1. The van der Waals surface area contributed by atoms with E-state index in [1.54, 1.807) is 0 Å². The van der Waals surface area contributed by atoms with Crippen LogP contribution in [0.1, 0.15) is 37.3 Å². The minimum Gasteiger partial charge on any atom is -0.493 e. The molecule has 7 nitrogen and oxygen atoms in total. The quantitative estimate of drug-likeness (QED) is 0.358. The highest BCUT2D eigenvalue weighted by atomic mass is 16.5. The van der Waals surface area contributed by atoms with Gasteiger partial charge in [0.1, 0.15) is 11.5 Å². The second-order valence-corrected chi connectivity index (χ2v) is 9.24. The minimum atomic E-state index is -0.171. The van der Waals surface area contributed by atoms with Crippen LogP contribution in [-0.2, 0) is 4.79 Å². The molecule has 1 aliphatic heterocycles. The van der Waals surface area contributed by atoms with E-state index < -0.39 is 0 Å². The zero-order chi connectivity index (χ0) is 25.0. The Morgan fingerprint density at radius 3 is 2.17 bits per heavy atom. The lowest BCUT2D eigenvalue weighted by Crippen LogP contribution is -2.31. The standard InChI is InChI=1S/C28H41N3O4/c1-21-25(8-4-10-27(21)34-18-6-13-29-14-15-30-23(3)32)26-9-5-11-28(22(26)2)35-19-7-16-31-17-12-24(33)20-31/h4-5,8-11,24,29,33H,6-7,12-20H2,1-3H3,(H,30,32). The number of nitrogens with zero attached hydrogens (tertiary/aromatic N) is 1. The van der Waals surface area contributed by atoms with Crippen molar-refractivity contribution in [2.75, 3.05) is 52.5 Å². The van der Waals surface area contributed by atoms with E-state index in [0.29, 0.717) is 19.8 Å². The molecule has 1 atom stereocenters. The van der Waals surface area contributed by atoms with Crippen molar-refractivity contribution in [2.45, 2.75) is 46.1 Å². The predicted molar refractivity (Wildman–Crippen MR) is 140 cm³/mol. The number of hydrogen-bond donors (Lipinski definition) is 3. The van der Waals surface area contributed by atoms with Crippen LogP contribution in [0.5, 0.6) is 11.5 Å². The maximum absolute atomic E-state index is 10.9. The molecule has 3 N–H and O–H groups in total. The highest BCUT2D eigenvalue weighted by molar-refractivity contribution is 5.74. The Balaban J connectivity index is 1.50. The molecule has 0 saturated carbocycles. The Morgan fingerprint density at radius 1 is 0.971 bits per heavy atom. The molecular formula is C28H41N3O4. The van der Waals surface area contributed by atoms with Crippen LogP contribution in [0.4, 0.5) is 0 Å². The Labute approximate surface area is 209 Å². The number of hydrogen-bond acceptors (Lipinski definition) is 6. The van der Waals surface area contributed by atoms with Crippen LogP contribution in [0.3, 0.4) is 0 Å². The maximum atomic E-state index is 10.9. The number of nitrogens with one attached hydrogen (secondary N) is 2. The summed E-state index contributed by atoms with van der Waals surface area (Å²) in [4.78, 5) is 13.2. The lowest BCUT2D eigenvalue weighted by atomic mass is 9.95. The van der Waals surface area contributed by atoms with Crippen molar-refractivity contribution in [1.82, 2.24) is 15.5 Å². The molecule has 3 rings (SSSR count). The third kappa shape index (κ3) is 8.53. The first-order chi connectivity index (χ1) is 17.0. The Kier molecular flexibility index (Phi) is 10.8. The molecule has 7 heteroatoms. The largest absolute Gasteiger partial charge is 0.493 e. The maximum Gasteiger partial charge on any atom is 0.216 e. The first kappa shape index (κ1) is 27.0. The second-order valence-electron chi connectivity index (χ2n) is 9.24. The number of amides is 1. The topological polar surface area (TPSA) is 83.1 Å². The third-order valence-electron chi connectivity index (χ3n) is 6.41. The normalized spacial score (nSPS) is 15.8. The lowest BCUT2D eigenvalue weighted by Gasteiger charge is -2.18. The molecule has 1 amide bonds. The van der Waals surface area contributed by atoms with E-state index >= 15 is 0 Å². The summed E-state index contributed by atoms with van der Waals surface area (Å²) in [5.74, 6) is 1.82. The molecule has 1 fully saturated rings. The molecular weight excluding hydrogens is 442 g/mol. The van der Waals surface area contributed by atoms with E-state index in [4.69, 9.17) is 9.47 Å². The summed E-state index contributed by atoms with van der Waals surface area (Å²) in [5.41, 5.74) is 4.57. The van der Waals surface area contributed by atoms with Crippen molar-refractivity contribution >= 4 is 5.91 Å². The van der Waals surface area contributed by atoms with Gasteiger partial charge in [-0.15, -0.1) is 0 Å². The monoisotopic (exact) mass is 483 g/mol. The van der Waals surface area contributed by atoms with E-state index in [-0.39, 0.29) is 12.0 Å². The summed E-state index contributed by atoms with van der Waals surface area (Å²) in [5, 5.41) is 15.8. The number of aliphatic hydroxyl groups is 1. The number of β-amino-alcohol motifs (C(OH)–C–C–N with tert-alkyl or cyclic N) is 1. The summed E-state index contributed by atoms with van der Waals surface area (Å²) < 4.78 is 12.2. The summed E-state index contributed by atoms with van der Waals surface area (Å²) in [7, 11) is 0. The minimum absolute atomic E-state index is 0.00290. The van der Waals surface area contributed by atoms with Crippen LogP contribution in [0.25, 0.3) is 11.1 Å². The van der Waals surface area contributed by atoms with Gasteiger partial charge in [0.05, 0.1) is 19.3 Å². The summed E-state index contributed by atoms with van der Waals surface area (Å²) in [6.45, 7) is 12.0. The molecule has 0 radical (unpaired) electrons. The smallest absolute Gasteiger partial charge is 0.216 e. The average Bonchev–Trinajstić information content (AvgIpc) is 3.25. The SMILES string of the molecule is CC(=O)NCCNCCCOc1cccc(-c2cccc(OCCCN3CCC(O)C3)c2C)c1C. The van der Waals surface area contributed by atoms with Gasteiger partial charge in [0.25, 0.3) is 0 Å². The van der Waals surface area contributed by atoms with Crippen LogP contribution in [0, 0.1) is 13.8 Å². The van der Waals surface area contributed by atoms with Gasteiger partial charge in [0.15, 0.2) is 0 Å². The highest BCUT2D eigenvalue weighted by Crippen LogP contribution is 2.35. The van der Waals surface area contributed by atoms with E-state index in [9.17, 15) is 9.90 Å². The van der Waals surface area contributed by atoms with Crippen molar-refractivity contribution < 1.29 is 19.4 Å². The van der Waals surface area contributed by atoms with Crippen molar-refractivity contribution in [3.63, 3.8) is 0 Å². The summed E-state index contributed by atoms with van der Waals surface area (Å²) in [6.07, 6.45) is 2.54. The van der Waals surface area contributed by atoms with Gasteiger partial charge in [-0.05, 0) is 74.0 Å². The fourth-order valence-corrected chi connectivity index (χ4v) is 4.44. The first-order valence-corrected chi connectivity index (χ1v) is 12.8. The molecule has 1 unspecified atom stereocenters. The molecule has 35 heavy (non-hydrogen) atoms. The average molecular weight is 484 g/mol. The van der Waals surface area contributed by atoms with Crippen molar-refractivity contribution in [2.24, 2.45) is 0 Å². The number of carbonyl (C=O) groups excluding carboxylic acids is 1. The molecule has 1 aliphatic rings. The number of ether oxygens (including phenoxy) is 2. The molecule has 0 spiro atoms. The molecule has 0 bridgehead atoms. The van der Waals surface area contributed by atoms with Crippen molar-refractivity contribution in [3.8, 4) is 22.6 Å². The number of benzene rings is 2. The molecule has 192 valence electrons. The molecule has 0 aromatic heterocycles. The van der Waals surface area contributed by atoms with Gasteiger partial charge in [-0.3, -0.25) is 4.79 Å². The Hall–Kier alpha value is -2.61. The van der Waals surface area contributed by atoms with Crippen LogP contribution >= 0.6 is 0 Å². The number of likely N-dealkylation sites (tertiary alicyclic amines) is 1. The molecule has 2 aromatic carbocycles. The van der Waals surface area contributed by atoms with Gasteiger partial charge in [-0.2, -0.15) is 0 Å². The molecule has 1 saturated heterocycles. The fourth-order valence-electron chi connectivity index (χ4n) is 4.44. The van der Waals surface area contributed by atoms with Gasteiger partial charge in [0.2, 0.25) is 5.91 Å². The number of rotatable bonds is 14. The van der Waals surface area contributed by atoms with E-state index in [1.807, 2.05) is 24.3 Å². The molecule has 2 aromatic rings. The van der Waals surface area contributed by atoms with Gasteiger partial charge < -0.3 is 30.1 Å². The zero-order valence-electron chi connectivity index (χ0n) is 21.4. The zero-order valence-corrected chi connectivity index (χ0v) is 21.4. The van der Waals surface area contributed by atoms with Crippen LogP contribution in [-0.4, -0.2) is 74.5 Å². The van der Waals surface area contributed by atoms with Gasteiger partial charge in [-0.25, -0.2) is 0 Å². The third-order valence-corrected chi connectivity index (χ3v) is 6.41. The highest BCUT2D eigenvalue weighted by Gasteiger charge is 2.19. The van der Waals surface area contributed by atoms with Crippen molar-refractivity contribution in [1.29, 1.82) is 0 Å². The Bertz CT molecular complexity index is 950. The molecule has 1 heterocycles. The van der Waals surface area contributed by atoms with Crippen molar-refractivity contribution in [3.05, 3.63) is 47.5 Å². The summed E-state index contributed by atoms with van der Waals surface area (Å²) in [6, 6.07) is 12.4. The lowest BCUT2D eigenvalue weighted by molar-refractivity contribution is -0.118.